The van der Waals surface area contributed by atoms with Gasteiger partial charge < -0.3 is 15.6 Å². The zero-order chi connectivity index (χ0) is 20.7. The Morgan fingerprint density at radius 2 is 2.10 bits per heavy atom. The highest BCUT2D eigenvalue weighted by Gasteiger charge is 2.46. The molecule has 3 aromatic rings. The van der Waals surface area contributed by atoms with E-state index < -0.39 is 5.41 Å². The van der Waals surface area contributed by atoms with E-state index in [2.05, 4.69) is 10.3 Å². The van der Waals surface area contributed by atoms with Gasteiger partial charge in [-0.25, -0.2) is 4.98 Å². The zero-order valence-corrected chi connectivity index (χ0v) is 17.5. The van der Waals surface area contributed by atoms with E-state index in [9.17, 15) is 9.59 Å². The summed E-state index contributed by atoms with van der Waals surface area (Å²) in [6.07, 6.45) is 9.48. The Morgan fingerprint density at radius 3 is 2.80 bits per heavy atom. The number of carbonyl (C=O) groups is 2. The van der Waals surface area contributed by atoms with Crippen LogP contribution in [0.2, 0.25) is 0 Å². The number of nitrogens with two attached hydrogens (primary N) is 1. The maximum absolute atomic E-state index is 13.9. The number of carbonyl (C=O) groups excluding carboxylic acids is 2. The normalized spacial score (nSPS) is 20.7. The van der Waals surface area contributed by atoms with Crippen LogP contribution < -0.4 is 11.1 Å². The van der Waals surface area contributed by atoms with Crippen molar-refractivity contribution in [2.24, 2.45) is 0 Å². The number of nitrogens with zero attached hydrogens (tertiary/aromatic N) is 2. The standard InChI is InChI=1S/C23H24N4O2S/c24-21-18(22(29)26-16-6-7-16)17-8-9-23(20(28)19(17)30-21,15-4-2-1-3-5-15)10-12-27-13-11-25-14-27/h1-5,11,13-14,16H,6-10,12,24H2,(H,26,29). The number of ketones is 1. The summed E-state index contributed by atoms with van der Waals surface area (Å²) in [4.78, 5) is 31.4. The molecule has 0 saturated heterocycles. The van der Waals surface area contributed by atoms with Gasteiger partial charge >= 0.3 is 0 Å². The smallest absolute Gasteiger partial charge is 0.254 e. The van der Waals surface area contributed by atoms with Crippen LogP contribution in [0, 0.1) is 0 Å². The van der Waals surface area contributed by atoms with Gasteiger partial charge in [0.05, 0.1) is 27.2 Å². The largest absolute Gasteiger partial charge is 0.390 e. The number of nitrogens with one attached hydrogen (secondary N) is 1. The van der Waals surface area contributed by atoms with Gasteiger partial charge in [-0.05, 0) is 43.2 Å². The van der Waals surface area contributed by atoms with Crippen LogP contribution in [0.15, 0.2) is 49.1 Å². The quantitative estimate of drug-likeness (QED) is 0.638. The molecule has 2 aromatic heterocycles. The molecule has 5 rings (SSSR count). The molecule has 154 valence electrons. The van der Waals surface area contributed by atoms with Gasteiger partial charge in [-0.3, -0.25) is 9.59 Å². The Hall–Kier alpha value is -2.93. The predicted molar refractivity (Wildman–Crippen MR) is 117 cm³/mol. The minimum atomic E-state index is -0.625. The average molecular weight is 421 g/mol. The summed E-state index contributed by atoms with van der Waals surface area (Å²) in [5, 5.41) is 3.47. The van der Waals surface area contributed by atoms with E-state index in [1.807, 2.05) is 41.1 Å². The molecule has 0 aliphatic heterocycles. The number of anilines is 1. The number of imidazole rings is 1. The van der Waals surface area contributed by atoms with Gasteiger partial charge in [0.1, 0.15) is 0 Å². The molecule has 0 bridgehead atoms. The lowest BCUT2D eigenvalue weighted by atomic mass is 9.66. The van der Waals surface area contributed by atoms with E-state index in [4.69, 9.17) is 5.73 Å². The van der Waals surface area contributed by atoms with Crippen molar-refractivity contribution in [3.63, 3.8) is 0 Å². The first-order chi connectivity index (χ1) is 14.6. The number of aryl methyl sites for hydroxylation is 1. The second-order valence-corrected chi connectivity index (χ2v) is 9.28. The highest BCUT2D eigenvalue weighted by atomic mass is 32.1. The third kappa shape index (κ3) is 3.23. The van der Waals surface area contributed by atoms with Crippen molar-refractivity contribution in [2.45, 2.75) is 50.1 Å². The number of fused-ring (bicyclic) bond motifs is 1. The molecule has 2 aliphatic carbocycles. The summed E-state index contributed by atoms with van der Waals surface area (Å²) in [7, 11) is 0. The Balaban J connectivity index is 1.52. The van der Waals surface area contributed by atoms with Crippen molar-refractivity contribution >= 4 is 28.0 Å². The van der Waals surface area contributed by atoms with Gasteiger partial charge in [-0.15, -0.1) is 11.3 Å². The lowest BCUT2D eigenvalue weighted by molar-refractivity contribution is 0.0849. The second-order valence-electron chi connectivity index (χ2n) is 8.22. The van der Waals surface area contributed by atoms with E-state index in [1.165, 1.54) is 11.3 Å². The Morgan fingerprint density at radius 1 is 1.30 bits per heavy atom. The highest BCUT2D eigenvalue weighted by Crippen LogP contribution is 2.46. The summed E-state index contributed by atoms with van der Waals surface area (Å²) in [5.74, 6) is -0.0526. The molecule has 1 fully saturated rings. The molecule has 3 N–H and O–H groups in total. The van der Waals surface area contributed by atoms with Crippen LogP contribution in [0.5, 0.6) is 0 Å². The SMILES string of the molecule is Nc1sc2c(c1C(=O)NC1CC1)CCC(CCn1ccnc1)(c1ccccc1)C2=O. The van der Waals surface area contributed by atoms with Crippen molar-refractivity contribution in [3.8, 4) is 0 Å². The molecule has 1 unspecified atom stereocenters. The molecule has 1 amide bonds. The lowest BCUT2D eigenvalue weighted by Gasteiger charge is -2.36. The van der Waals surface area contributed by atoms with Gasteiger partial charge in [-0.1, -0.05) is 30.3 Å². The van der Waals surface area contributed by atoms with E-state index >= 15 is 0 Å². The molecule has 0 radical (unpaired) electrons. The number of hydrogen-bond acceptors (Lipinski definition) is 5. The molecule has 30 heavy (non-hydrogen) atoms. The van der Waals surface area contributed by atoms with Crippen molar-refractivity contribution in [2.75, 3.05) is 5.73 Å². The molecule has 1 saturated carbocycles. The van der Waals surface area contributed by atoms with E-state index in [0.29, 0.717) is 41.2 Å². The Kier molecular flexibility index (Phi) is 4.70. The van der Waals surface area contributed by atoms with Crippen LogP contribution in [-0.4, -0.2) is 27.3 Å². The summed E-state index contributed by atoms with van der Waals surface area (Å²) in [5.41, 5.74) is 8.00. The number of aromatic nitrogens is 2. The van der Waals surface area contributed by atoms with Crippen molar-refractivity contribution in [3.05, 3.63) is 70.6 Å². The fourth-order valence-electron chi connectivity index (χ4n) is 4.46. The van der Waals surface area contributed by atoms with E-state index in [0.717, 1.165) is 24.0 Å². The first kappa shape index (κ1) is 19.1. The number of hydrogen-bond donors (Lipinski definition) is 2. The molecule has 2 aliphatic rings. The van der Waals surface area contributed by atoms with Crippen LogP contribution >= 0.6 is 11.3 Å². The van der Waals surface area contributed by atoms with Crippen LogP contribution in [0.4, 0.5) is 5.00 Å². The molecule has 1 aromatic carbocycles. The van der Waals surface area contributed by atoms with Crippen molar-refractivity contribution in [1.82, 2.24) is 14.9 Å². The third-order valence-corrected chi connectivity index (χ3v) is 7.36. The molecule has 6 nitrogen and oxygen atoms in total. The van der Waals surface area contributed by atoms with Crippen LogP contribution in [-0.2, 0) is 18.4 Å². The summed E-state index contributed by atoms with van der Waals surface area (Å²) in [6, 6.07) is 10.3. The van der Waals surface area contributed by atoms with Gasteiger partial charge in [0.25, 0.3) is 5.91 Å². The molecular weight excluding hydrogens is 396 g/mol. The fourth-order valence-corrected chi connectivity index (χ4v) is 5.62. The first-order valence-electron chi connectivity index (χ1n) is 10.4. The van der Waals surface area contributed by atoms with Crippen molar-refractivity contribution in [1.29, 1.82) is 0 Å². The number of benzene rings is 1. The first-order valence-corrected chi connectivity index (χ1v) is 11.2. The van der Waals surface area contributed by atoms with Crippen LogP contribution in [0.25, 0.3) is 0 Å². The molecule has 2 heterocycles. The Labute approximate surface area is 179 Å². The van der Waals surface area contributed by atoms with Gasteiger partial charge in [-0.2, -0.15) is 0 Å². The second kappa shape index (κ2) is 7.40. The molecule has 1 atom stereocenters. The van der Waals surface area contributed by atoms with E-state index in [1.54, 1.807) is 12.5 Å². The molecule has 7 heteroatoms. The topological polar surface area (TPSA) is 90.0 Å². The maximum Gasteiger partial charge on any atom is 0.254 e. The summed E-state index contributed by atoms with van der Waals surface area (Å²) < 4.78 is 2.00. The number of thiophene rings is 1. The molecular formula is C23H24N4O2S. The van der Waals surface area contributed by atoms with Gasteiger partial charge in [0, 0.05) is 25.0 Å². The summed E-state index contributed by atoms with van der Waals surface area (Å²) in [6.45, 7) is 0.700. The average Bonchev–Trinajstić information content (AvgIpc) is 3.27. The number of Topliss-reactive ketones (excluding diaryl/α,β-unsaturated/α-hetero) is 1. The van der Waals surface area contributed by atoms with E-state index in [-0.39, 0.29) is 17.7 Å². The summed E-state index contributed by atoms with van der Waals surface area (Å²) >= 11 is 1.27. The predicted octanol–water partition coefficient (Wildman–Crippen LogP) is 3.58. The third-order valence-electron chi connectivity index (χ3n) is 6.30. The maximum atomic E-state index is 13.9. The lowest BCUT2D eigenvalue weighted by Crippen LogP contribution is -2.41. The number of rotatable bonds is 6. The number of nitrogen functional groups attached to an aromatic ring is 1. The monoisotopic (exact) mass is 420 g/mol. The van der Waals surface area contributed by atoms with Gasteiger partial charge in [0.15, 0.2) is 5.78 Å². The number of amides is 1. The fraction of sp³-hybridized carbons (Fsp3) is 0.348. The minimum absolute atomic E-state index is 0.0808. The highest BCUT2D eigenvalue weighted by molar-refractivity contribution is 7.18. The Bertz CT molecular complexity index is 1090. The van der Waals surface area contributed by atoms with Crippen LogP contribution in [0.1, 0.15) is 56.8 Å². The van der Waals surface area contributed by atoms with Crippen molar-refractivity contribution < 1.29 is 9.59 Å². The molecule has 0 spiro atoms. The minimum Gasteiger partial charge on any atom is -0.390 e. The zero-order valence-electron chi connectivity index (χ0n) is 16.6. The van der Waals surface area contributed by atoms with Crippen LogP contribution in [0.3, 0.4) is 0 Å². The van der Waals surface area contributed by atoms with Gasteiger partial charge in [0.2, 0.25) is 0 Å².